The number of fused-ring (bicyclic) bond motifs is 1. The Morgan fingerprint density at radius 3 is 2.95 bits per heavy atom. The fraction of sp³-hybridized carbons (Fsp3) is 0.538. The number of hydrogen-bond acceptors (Lipinski definition) is 6. The van der Waals surface area contributed by atoms with Crippen molar-refractivity contribution in [3.63, 3.8) is 0 Å². The summed E-state index contributed by atoms with van der Waals surface area (Å²) < 4.78 is 35.9. The number of hydrogen-bond donors (Lipinski definition) is 1. The third kappa shape index (κ3) is 2.57. The topological polar surface area (TPSA) is 89.2 Å². The van der Waals surface area contributed by atoms with Gasteiger partial charge in [-0.25, -0.2) is 8.42 Å². The second kappa shape index (κ2) is 5.60. The molecule has 0 aliphatic carbocycles. The van der Waals surface area contributed by atoms with E-state index >= 15 is 0 Å². The van der Waals surface area contributed by atoms with Gasteiger partial charge in [-0.1, -0.05) is 12.5 Å². The van der Waals surface area contributed by atoms with Crippen molar-refractivity contribution in [3.05, 3.63) is 18.2 Å². The Bertz CT molecular complexity index is 741. The van der Waals surface area contributed by atoms with Gasteiger partial charge in [0.05, 0.1) is 11.7 Å². The van der Waals surface area contributed by atoms with Crippen LogP contribution in [0.25, 0.3) is 11.0 Å². The molecular weight excluding hydrogens is 308 g/mol. The molecule has 1 aliphatic rings. The molecule has 2 N–H and O–H groups in total. The van der Waals surface area contributed by atoms with E-state index in [-0.39, 0.29) is 17.0 Å². The van der Waals surface area contributed by atoms with E-state index in [4.69, 9.17) is 5.73 Å². The van der Waals surface area contributed by atoms with Crippen molar-refractivity contribution in [3.8, 4) is 0 Å². The number of benzene rings is 1. The van der Waals surface area contributed by atoms with Crippen molar-refractivity contribution in [2.45, 2.75) is 43.2 Å². The van der Waals surface area contributed by atoms with Gasteiger partial charge in [-0.15, -0.1) is 0 Å². The largest absolute Gasteiger partial charge is 0.326 e. The van der Waals surface area contributed by atoms with Crippen LogP contribution in [-0.2, 0) is 10.0 Å². The second-order valence-corrected chi connectivity index (χ2v) is 7.81. The van der Waals surface area contributed by atoms with E-state index in [2.05, 4.69) is 8.75 Å². The van der Waals surface area contributed by atoms with E-state index in [0.29, 0.717) is 17.6 Å². The lowest BCUT2D eigenvalue weighted by Gasteiger charge is -2.36. The number of sulfonamides is 1. The SMILES string of the molecule is C[C@H](N)[C@H]1CCCCN1S(=O)(=O)c1cccc2nsnc12. The van der Waals surface area contributed by atoms with Crippen LogP contribution in [-0.4, -0.2) is 40.1 Å². The number of piperidine rings is 1. The first kappa shape index (κ1) is 14.8. The van der Waals surface area contributed by atoms with Crippen LogP contribution in [0.1, 0.15) is 26.2 Å². The zero-order valence-electron chi connectivity index (χ0n) is 11.8. The van der Waals surface area contributed by atoms with Gasteiger partial charge in [0.15, 0.2) is 0 Å². The predicted molar refractivity (Wildman–Crippen MR) is 82.6 cm³/mol. The highest BCUT2D eigenvalue weighted by Gasteiger charge is 2.36. The average molecular weight is 326 g/mol. The van der Waals surface area contributed by atoms with Gasteiger partial charge in [0.2, 0.25) is 10.0 Å². The van der Waals surface area contributed by atoms with Crippen LogP contribution < -0.4 is 5.73 Å². The Labute approximate surface area is 128 Å². The van der Waals surface area contributed by atoms with E-state index in [1.807, 2.05) is 6.92 Å². The minimum Gasteiger partial charge on any atom is -0.326 e. The van der Waals surface area contributed by atoms with Crippen molar-refractivity contribution in [2.75, 3.05) is 6.54 Å². The van der Waals surface area contributed by atoms with Crippen LogP contribution >= 0.6 is 11.7 Å². The molecule has 0 spiro atoms. The molecule has 6 nitrogen and oxygen atoms in total. The lowest BCUT2D eigenvalue weighted by molar-refractivity contribution is 0.227. The zero-order chi connectivity index (χ0) is 15.0. The number of aromatic nitrogens is 2. The van der Waals surface area contributed by atoms with Crippen molar-refractivity contribution in [2.24, 2.45) is 5.73 Å². The molecule has 1 saturated heterocycles. The number of nitrogens with zero attached hydrogens (tertiary/aromatic N) is 3. The van der Waals surface area contributed by atoms with Gasteiger partial charge in [-0.05, 0) is 31.9 Å². The van der Waals surface area contributed by atoms with Gasteiger partial charge in [-0.2, -0.15) is 13.1 Å². The predicted octanol–water partition coefficient (Wildman–Crippen LogP) is 1.58. The highest BCUT2D eigenvalue weighted by atomic mass is 32.2. The lowest BCUT2D eigenvalue weighted by Crippen LogP contribution is -2.51. The summed E-state index contributed by atoms with van der Waals surface area (Å²) in [5.74, 6) is 0. The fourth-order valence-corrected chi connectivity index (χ4v) is 5.40. The smallest absolute Gasteiger partial charge is 0.245 e. The molecule has 3 rings (SSSR count). The summed E-state index contributed by atoms with van der Waals surface area (Å²) >= 11 is 1.03. The average Bonchev–Trinajstić information content (AvgIpc) is 2.95. The van der Waals surface area contributed by atoms with Gasteiger partial charge in [-0.3, -0.25) is 0 Å². The molecule has 1 aromatic heterocycles. The third-order valence-electron chi connectivity index (χ3n) is 3.94. The summed E-state index contributed by atoms with van der Waals surface area (Å²) in [6.07, 6.45) is 2.69. The normalized spacial score (nSPS) is 22.5. The summed E-state index contributed by atoms with van der Waals surface area (Å²) in [6, 6.07) is 4.75. The van der Waals surface area contributed by atoms with Crippen molar-refractivity contribution < 1.29 is 8.42 Å². The molecule has 1 fully saturated rings. The van der Waals surface area contributed by atoms with Crippen molar-refractivity contribution in [1.29, 1.82) is 0 Å². The minimum atomic E-state index is -3.60. The molecular formula is C13H18N4O2S2. The molecule has 2 atom stereocenters. The van der Waals surface area contributed by atoms with Crippen LogP contribution in [0.5, 0.6) is 0 Å². The Balaban J connectivity index is 2.09. The van der Waals surface area contributed by atoms with Crippen LogP contribution in [0.15, 0.2) is 23.1 Å². The first-order valence-electron chi connectivity index (χ1n) is 7.00. The Morgan fingerprint density at radius 2 is 2.19 bits per heavy atom. The molecule has 0 unspecified atom stereocenters. The lowest BCUT2D eigenvalue weighted by atomic mass is 10.00. The van der Waals surface area contributed by atoms with Crippen LogP contribution in [0.4, 0.5) is 0 Å². The second-order valence-electron chi connectivity index (χ2n) is 5.43. The third-order valence-corrected chi connectivity index (χ3v) is 6.44. The Morgan fingerprint density at radius 1 is 1.38 bits per heavy atom. The molecule has 0 radical (unpaired) electrons. The first-order chi connectivity index (χ1) is 10.0. The molecule has 8 heteroatoms. The van der Waals surface area contributed by atoms with Gasteiger partial charge >= 0.3 is 0 Å². The Hall–Kier alpha value is -1.09. The maximum Gasteiger partial charge on any atom is 0.245 e. The highest BCUT2D eigenvalue weighted by molar-refractivity contribution is 7.89. The number of rotatable bonds is 3. The van der Waals surface area contributed by atoms with Gasteiger partial charge in [0.1, 0.15) is 15.9 Å². The maximum atomic E-state index is 13.0. The summed E-state index contributed by atoms with van der Waals surface area (Å²) in [4.78, 5) is 0.237. The molecule has 114 valence electrons. The molecule has 1 aromatic carbocycles. The van der Waals surface area contributed by atoms with Gasteiger partial charge in [0, 0.05) is 18.6 Å². The molecule has 2 aromatic rings. The molecule has 0 saturated carbocycles. The molecule has 1 aliphatic heterocycles. The summed E-state index contributed by atoms with van der Waals surface area (Å²) in [5, 5.41) is 0. The van der Waals surface area contributed by atoms with Crippen LogP contribution in [0, 0.1) is 0 Å². The van der Waals surface area contributed by atoms with Gasteiger partial charge < -0.3 is 5.73 Å². The molecule has 0 bridgehead atoms. The van der Waals surface area contributed by atoms with Crippen LogP contribution in [0.3, 0.4) is 0 Å². The van der Waals surface area contributed by atoms with E-state index in [1.165, 1.54) is 0 Å². The zero-order valence-corrected chi connectivity index (χ0v) is 13.4. The fourth-order valence-electron chi connectivity index (χ4n) is 2.87. The Kier molecular flexibility index (Phi) is 3.96. The first-order valence-corrected chi connectivity index (χ1v) is 9.17. The standard InChI is InChI=1S/C13H18N4O2S2/c1-9(14)11-6-2-3-8-17(11)21(18,19)12-7-4-5-10-13(12)16-20-15-10/h4-5,7,9,11H,2-3,6,8,14H2,1H3/t9-,11+/m0/s1. The monoisotopic (exact) mass is 326 g/mol. The van der Waals surface area contributed by atoms with E-state index in [1.54, 1.807) is 22.5 Å². The van der Waals surface area contributed by atoms with E-state index in [0.717, 1.165) is 31.0 Å². The summed E-state index contributed by atoms with van der Waals surface area (Å²) in [6.45, 7) is 2.38. The van der Waals surface area contributed by atoms with Gasteiger partial charge in [0.25, 0.3) is 0 Å². The minimum absolute atomic E-state index is 0.148. The van der Waals surface area contributed by atoms with Crippen molar-refractivity contribution in [1.82, 2.24) is 13.1 Å². The highest BCUT2D eigenvalue weighted by Crippen LogP contribution is 2.30. The van der Waals surface area contributed by atoms with E-state index in [9.17, 15) is 8.42 Å². The molecule has 21 heavy (non-hydrogen) atoms. The number of nitrogens with two attached hydrogens (primary N) is 1. The quantitative estimate of drug-likeness (QED) is 0.925. The summed E-state index contributed by atoms with van der Waals surface area (Å²) in [7, 11) is -3.60. The molecule has 2 heterocycles. The van der Waals surface area contributed by atoms with E-state index < -0.39 is 10.0 Å². The summed E-state index contributed by atoms with van der Waals surface area (Å²) in [5.41, 5.74) is 7.07. The van der Waals surface area contributed by atoms with Crippen LogP contribution in [0.2, 0.25) is 0 Å². The van der Waals surface area contributed by atoms with Crippen molar-refractivity contribution >= 4 is 32.8 Å². The molecule has 0 amide bonds. The maximum absolute atomic E-state index is 13.0.